The molecule has 1 atom stereocenters. The molecule has 4 heteroatoms. The van der Waals surface area contributed by atoms with E-state index in [0.29, 0.717) is 0 Å². The van der Waals surface area contributed by atoms with Gasteiger partial charge in [0.1, 0.15) is 0 Å². The summed E-state index contributed by atoms with van der Waals surface area (Å²) in [5, 5.41) is 15.1. The van der Waals surface area contributed by atoms with Crippen molar-refractivity contribution < 1.29 is 5.11 Å². The predicted molar refractivity (Wildman–Crippen MR) is 80.6 cm³/mol. The van der Waals surface area contributed by atoms with Crippen LogP contribution in [0.5, 0.6) is 0 Å². The van der Waals surface area contributed by atoms with Gasteiger partial charge in [0.15, 0.2) is 0 Å². The number of aliphatic hydroxyl groups is 1. The summed E-state index contributed by atoms with van der Waals surface area (Å²) in [6, 6.07) is 0. The number of aryl methyl sites for hydroxylation is 2. The van der Waals surface area contributed by atoms with E-state index in [0.717, 1.165) is 54.9 Å². The van der Waals surface area contributed by atoms with E-state index < -0.39 is 0 Å². The Bertz CT molecular complexity index is 397. The summed E-state index contributed by atoms with van der Waals surface area (Å²) in [5.74, 6) is 0. The molecule has 1 aromatic rings. The quantitative estimate of drug-likeness (QED) is 0.790. The summed E-state index contributed by atoms with van der Waals surface area (Å²) in [6.07, 6.45) is 5.96. The van der Waals surface area contributed by atoms with Gasteiger partial charge in [-0.3, -0.25) is 4.68 Å². The van der Waals surface area contributed by atoms with Crippen molar-refractivity contribution in [3.8, 4) is 0 Å². The van der Waals surface area contributed by atoms with Gasteiger partial charge in [-0.25, -0.2) is 0 Å². The number of hydrogen-bond donors (Lipinski definition) is 1. The third-order valence-corrected chi connectivity index (χ3v) is 4.63. The first-order valence-corrected chi connectivity index (χ1v) is 7.72. The number of rotatable bonds is 8. The molecule has 1 rings (SSSR count). The maximum absolute atomic E-state index is 9.84. The highest BCUT2D eigenvalue weighted by Gasteiger charge is 2.30. The molecule has 0 aliphatic rings. The van der Waals surface area contributed by atoms with Crippen molar-refractivity contribution in [1.29, 1.82) is 0 Å². The van der Waals surface area contributed by atoms with Gasteiger partial charge in [0.05, 0.1) is 16.4 Å². The van der Waals surface area contributed by atoms with E-state index in [4.69, 9.17) is 11.6 Å². The molecule has 0 saturated heterocycles. The molecule has 110 valence electrons. The van der Waals surface area contributed by atoms with Gasteiger partial charge < -0.3 is 5.11 Å². The molecule has 1 heterocycles. The third kappa shape index (κ3) is 3.73. The highest BCUT2D eigenvalue weighted by Crippen LogP contribution is 2.35. The van der Waals surface area contributed by atoms with Crippen molar-refractivity contribution in [3.63, 3.8) is 0 Å². The van der Waals surface area contributed by atoms with Crippen LogP contribution in [0.25, 0.3) is 0 Å². The van der Waals surface area contributed by atoms with Crippen LogP contribution in [0, 0.1) is 5.41 Å². The van der Waals surface area contributed by atoms with E-state index in [1.165, 1.54) is 0 Å². The van der Waals surface area contributed by atoms with E-state index in [1.807, 2.05) is 11.7 Å². The van der Waals surface area contributed by atoms with Crippen LogP contribution in [-0.2, 0) is 19.9 Å². The molecule has 0 fully saturated rings. The molecule has 0 saturated carbocycles. The van der Waals surface area contributed by atoms with E-state index in [-0.39, 0.29) is 12.0 Å². The lowest BCUT2D eigenvalue weighted by molar-refractivity contribution is 0.105. The zero-order chi connectivity index (χ0) is 14.5. The van der Waals surface area contributed by atoms with Crippen molar-refractivity contribution in [1.82, 2.24) is 9.78 Å². The zero-order valence-corrected chi connectivity index (χ0v) is 13.4. The minimum absolute atomic E-state index is 0.0571. The first kappa shape index (κ1) is 16.5. The molecule has 0 aliphatic carbocycles. The van der Waals surface area contributed by atoms with Crippen molar-refractivity contribution in [3.05, 3.63) is 16.4 Å². The fourth-order valence-electron chi connectivity index (χ4n) is 2.56. The standard InChI is InChI=1S/C15H27ClN2O/c1-5-8-9-15(7-3,11-19)10-13-14(16)12(6-2)17-18(13)4/h19H,5-11H2,1-4H3. The lowest BCUT2D eigenvalue weighted by atomic mass is 9.77. The lowest BCUT2D eigenvalue weighted by Crippen LogP contribution is -2.28. The molecule has 0 bridgehead atoms. The van der Waals surface area contributed by atoms with Gasteiger partial charge in [0.25, 0.3) is 0 Å². The molecular weight excluding hydrogens is 260 g/mol. The van der Waals surface area contributed by atoms with Crippen LogP contribution in [0.3, 0.4) is 0 Å². The molecule has 3 nitrogen and oxygen atoms in total. The molecule has 0 aromatic carbocycles. The lowest BCUT2D eigenvalue weighted by Gasteiger charge is -2.31. The summed E-state index contributed by atoms with van der Waals surface area (Å²) < 4.78 is 1.88. The van der Waals surface area contributed by atoms with Crippen molar-refractivity contribution in [2.24, 2.45) is 12.5 Å². The maximum atomic E-state index is 9.84. The SMILES string of the molecule is CCCCC(CC)(CO)Cc1c(Cl)c(CC)nn1C. The monoisotopic (exact) mass is 286 g/mol. The second-order valence-electron chi connectivity index (χ2n) is 5.48. The Balaban J connectivity index is 2.99. The fraction of sp³-hybridized carbons (Fsp3) is 0.800. The van der Waals surface area contributed by atoms with Gasteiger partial charge in [-0.05, 0) is 31.1 Å². The summed E-state index contributed by atoms with van der Waals surface area (Å²) in [7, 11) is 1.94. The van der Waals surface area contributed by atoms with Crippen LogP contribution in [0.15, 0.2) is 0 Å². The Hall–Kier alpha value is -0.540. The number of unbranched alkanes of at least 4 members (excludes halogenated alkanes) is 1. The highest BCUT2D eigenvalue weighted by molar-refractivity contribution is 6.31. The Labute approximate surface area is 122 Å². The van der Waals surface area contributed by atoms with Crippen LogP contribution in [0.4, 0.5) is 0 Å². The molecule has 0 amide bonds. The molecule has 0 spiro atoms. The first-order valence-electron chi connectivity index (χ1n) is 7.34. The Morgan fingerprint density at radius 3 is 2.42 bits per heavy atom. The van der Waals surface area contributed by atoms with E-state index in [2.05, 4.69) is 25.9 Å². The van der Waals surface area contributed by atoms with Gasteiger partial charge in [-0.2, -0.15) is 5.10 Å². The van der Waals surface area contributed by atoms with Crippen LogP contribution >= 0.6 is 11.6 Å². The summed E-state index contributed by atoms with van der Waals surface area (Å²) >= 11 is 6.42. The number of halogens is 1. The maximum Gasteiger partial charge on any atom is 0.0849 e. The first-order chi connectivity index (χ1) is 9.03. The second-order valence-corrected chi connectivity index (χ2v) is 5.85. The molecule has 0 aliphatic heterocycles. The summed E-state index contributed by atoms with van der Waals surface area (Å²) in [4.78, 5) is 0. The molecule has 1 unspecified atom stereocenters. The van der Waals surface area contributed by atoms with Crippen LogP contribution < -0.4 is 0 Å². The van der Waals surface area contributed by atoms with Crippen LogP contribution in [0.2, 0.25) is 5.02 Å². The molecule has 1 aromatic heterocycles. The average Bonchev–Trinajstić information content (AvgIpc) is 2.70. The van der Waals surface area contributed by atoms with Gasteiger partial charge in [-0.1, -0.05) is 45.2 Å². The van der Waals surface area contributed by atoms with Crippen molar-refractivity contribution in [2.75, 3.05) is 6.61 Å². The summed E-state index contributed by atoms with van der Waals surface area (Å²) in [6.45, 7) is 6.61. The smallest absolute Gasteiger partial charge is 0.0849 e. The average molecular weight is 287 g/mol. The van der Waals surface area contributed by atoms with Gasteiger partial charge >= 0.3 is 0 Å². The Morgan fingerprint density at radius 1 is 1.32 bits per heavy atom. The highest BCUT2D eigenvalue weighted by atomic mass is 35.5. The van der Waals surface area contributed by atoms with Crippen LogP contribution in [0.1, 0.15) is 57.8 Å². The van der Waals surface area contributed by atoms with Gasteiger partial charge in [0, 0.05) is 13.7 Å². The molecule has 1 N–H and O–H groups in total. The second kappa shape index (κ2) is 7.30. The molecular formula is C15H27ClN2O. The zero-order valence-electron chi connectivity index (χ0n) is 12.7. The van der Waals surface area contributed by atoms with Crippen LogP contribution in [-0.4, -0.2) is 21.5 Å². The number of nitrogens with zero attached hydrogens (tertiary/aromatic N) is 2. The van der Waals surface area contributed by atoms with E-state index in [9.17, 15) is 5.11 Å². The Kier molecular flexibility index (Phi) is 6.34. The van der Waals surface area contributed by atoms with E-state index >= 15 is 0 Å². The molecule has 0 radical (unpaired) electrons. The number of aliphatic hydroxyl groups excluding tert-OH is 1. The predicted octanol–water partition coefficient (Wildman–Crippen LogP) is 3.76. The summed E-state index contributed by atoms with van der Waals surface area (Å²) in [5.41, 5.74) is 1.96. The van der Waals surface area contributed by atoms with Crippen molar-refractivity contribution in [2.45, 2.75) is 59.3 Å². The number of hydrogen-bond acceptors (Lipinski definition) is 2. The molecule has 19 heavy (non-hydrogen) atoms. The normalized spacial score (nSPS) is 14.6. The van der Waals surface area contributed by atoms with E-state index in [1.54, 1.807) is 0 Å². The minimum atomic E-state index is -0.0571. The fourth-order valence-corrected chi connectivity index (χ4v) is 2.92. The largest absolute Gasteiger partial charge is 0.396 e. The van der Waals surface area contributed by atoms with Gasteiger partial charge in [-0.15, -0.1) is 0 Å². The van der Waals surface area contributed by atoms with Crippen molar-refractivity contribution >= 4 is 11.6 Å². The minimum Gasteiger partial charge on any atom is -0.396 e. The topological polar surface area (TPSA) is 38.1 Å². The Morgan fingerprint density at radius 2 is 2.00 bits per heavy atom. The number of aromatic nitrogens is 2. The third-order valence-electron chi connectivity index (χ3n) is 4.19. The van der Waals surface area contributed by atoms with Gasteiger partial charge in [0.2, 0.25) is 0 Å².